The van der Waals surface area contributed by atoms with Gasteiger partial charge in [0.2, 0.25) is 5.91 Å². The number of fused-ring (bicyclic) bond motifs is 1. The number of hydrogen-bond acceptors (Lipinski definition) is 5. The Bertz CT molecular complexity index is 1210. The second-order valence-corrected chi connectivity index (χ2v) is 7.85. The van der Waals surface area contributed by atoms with Crippen LogP contribution >= 0.6 is 0 Å². The minimum atomic E-state index is -0.363. The highest BCUT2D eigenvalue weighted by Gasteiger charge is 2.26. The number of aryl methyl sites for hydroxylation is 2. The third-order valence-corrected chi connectivity index (χ3v) is 5.74. The van der Waals surface area contributed by atoms with Gasteiger partial charge in [-0.15, -0.1) is 0 Å². The summed E-state index contributed by atoms with van der Waals surface area (Å²) in [6.07, 6.45) is -0.363. The molecule has 0 spiro atoms. The van der Waals surface area contributed by atoms with Crippen molar-refractivity contribution in [3.63, 3.8) is 0 Å². The molecular formula is C23H27N5O4. The lowest BCUT2D eigenvalue weighted by Crippen LogP contribution is -2.51. The summed E-state index contributed by atoms with van der Waals surface area (Å²) in [7, 11) is 0. The maximum absolute atomic E-state index is 13.1. The van der Waals surface area contributed by atoms with Crippen LogP contribution in [0.1, 0.15) is 18.2 Å². The second kappa shape index (κ2) is 8.86. The SMILES string of the molecule is CCOC(=O)N1CCN(C(=O)Cn2c(=O)cc(C)c3c(C)nn(-c4ccccc4)c32)CC1. The van der Waals surface area contributed by atoms with Gasteiger partial charge in [-0.2, -0.15) is 5.10 Å². The average Bonchev–Trinajstić information content (AvgIpc) is 3.15. The molecule has 9 nitrogen and oxygen atoms in total. The third kappa shape index (κ3) is 3.98. The van der Waals surface area contributed by atoms with E-state index >= 15 is 0 Å². The Morgan fingerprint density at radius 3 is 2.34 bits per heavy atom. The van der Waals surface area contributed by atoms with Crippen molar-refractivity contribution in [2.45, 2.75) is 27.3 Å². The molecule has 3 aromatic rings. The monoisotopic (exact) mass is 437 g/mol. The Balaban J connectivity index is 1.64. The van der Waals surface area contributed by atoms with E-state index in [9.17, 15) is 14.4 Å². The van der Waals surface area contributed by atoms with Gasteiger partial charge in [0.15, 0.2) is 0 Å². The predicted molar refractivity (Wildman–Crippen MR) is 120 cm³/mol. The molecule has 1 fully saturated rings. The van der Waals surface area contributed by atoms with Gasteiger partial charge in [0.25, 0.3) is 5.56 Å². The van der Waals surface area contributed by atoms with E-state index in [4.69, 9.17) is 4.74 Å². The van der Waals surface area contributed by atoms with Crippen molar-refractivity contribution in [1.82, 2.24) is 24.1 Å². The van der Waals surface area contributed by atoms with E-state index in [-0.39, 0.29) is 24.1 Å². The van der Waals surface area contributed by atoms with E-state index in [0.29, 0.717) is 38.4 Å². The van der Waals surface area contributed by atoms with Crippen molar-refractivity contribution in [3.05, 3.63) is 58.0 Å². The van der Waals surface area contributed by atoms with Crippen molar-refractivity contribution >= 4 is 23.0 Å². The van der Waals surface area contributed by atoms with Gasteiger partial charge in [-0.1, -0.05) is 18.2 Å². The van der Waals surface area contributed by atoms with Crippen molar-refractivity contribution in [2.75, 3.05) is 32.8 Å². The van der Waals surface area contributed by atoms with Crippen molar-refractivity contribution in [3.8, 4) is 5.69 Å². The molecule has 168 valence electrons. The van der Waals surface area contributed by atoms with Crippen LogP contribution in [0.2, 0.25) is 0 Å². The Hall–Kier alpha value is -3.62. The maximum atomic E-state index is 13.1. The van der Waals surface area contributed by atoms with Gasteiger partial charge in [-0.05, 0) is 38.5 Å². The Kier molecular flexibility index (Phi) is 5.98. The van der Waals surface area contributed by atoms with Crippen LogP contribution in [-0.4, -0.2) is 68.9 Å². The predicted octanol–water partition coefficient (Wildman–Crippen LogP) is 2.10. The first kappa shape index (κ1) is 21.6. The second-order valence-electron chi connectivity index (χ2n) is 7.85. The fraction of sp³-hybridized carbons (Fsp3) is 0.391. The van der Waals surface area contributed by atoms with Crippen LogP contribution < -0.4 is 5.56 Å². The molecule has 0 atom stereocenters. The standard InChI is InChI=1S/C23H27N5O4/c1-4-32-23(31)26-12-10-25(11-13-26)20(30)15-27-19(29)14-16(2)21-17(3)24-28(22(21)27)18-8-6-5-7-9-18/h5-9,14H,4,10-13,15H2,1-3H3. The normalized spacial score (nSPS) is 14.1. The number of aromatic nitrogens is 3. The first-order chi connectivity index (χ1) is 15.4. The van der Waals surface area contributed by atoms with Gasteiger partial charge < -0.3 is 14.5 Å². The number of piperazine rings is 1. The smallest absolute Gasteiger partial charge is 0.409 e. The molecule has 0 bridgehead atoms. The van der Waals surface area contributed by atoms with Crippen LogP contribution in [0.25, 0.3) is 16.7 Å². The minimum Gasteiger partial charge on any atom is -0.450 e. The number of carbonyl (C=O) groups is 2. The van der Waals surface area contributed by atoms with E-state index in [2.05, 4.69) is 5.10 Å². The first-order valence-electron chi connectivity index (χ1n) is 10.8. The maximum Gasteiger partial charge on any atom is 0.409 e. The number of nitrogens with zero attached hydrogens (tertiary/aromatic N) is 5. The molecule has 1 aliphatic heterocycles. The number of amides is 2. The van der Waals surface area contributed by atoms with Crippen molar-refractivity contribution in [2.24, 2.45) is 0 Å². The lowest BCUT2D eigenvalue weighted by Gasteiger charge is -2.34. The number of benzene rings is 1. The highest BCUT2D eigenvalue weighted by molar-refractivity contribution is 5.85. The quantitative estimate of drug-likeness (QED) is 0.624. The highest BCUT2D eigenvalue weighted by Crippen LogP contribution is 2.24. The van der Waals surface area contributed by atoms with Gasteiger partial charge in [0.05, 0.1) is 18.0 Å². The zero-order valence-electron chi connectivity index (χ0n) is 18.6. The molecule has 1 saturated heterocycles. The topological polar surface area (TPSA) is 89.7 Å². The largest absolute Gasteiger partial charge is 0.450 e. The number of pyridine rings is 1. The van der Waals surface area contributed by atoms with Gasteiger partial charge in [0, 0.05) is 37.6 Å². The molecular weight excluding hydrogens is 410 g/mol. The lowest BCUT2D eigenvalue weighted by molar-refractivity contribution is -0.133. The molecule has 2 aromatic heterocycles. The lowest BCUT2D eigenvalue weighted by atomic mass is 10.1. The Labute approximate surface area is 185 Å². The molecule has 3 heterocycles. The summed E-state index contributed by atoms with van der Waals surface area (Å²) in [5.74, 6) is -0.167. The van der Waals surface area contributed by atoms with Crippen molar-refractivity contribution < 1.29 is 14.3 Å². The zero-order chi connectivity index (χ0) is 22.8. The first-order valence-corrected chi connectivity index (χ1v) is 10.8. The summed E-state index contributed by atoms with van der Waals surface area (Å²) in [6, 6.07) is 11.1. The fourth-order valence-electron chi connectivity index (χ4n) is 4.16. The van der Waals surface area contributed by atoms with Gasteiger partial charge >= 0.3 is 6.09 Å². The van der Waals surface area contributed by atoms with Crippen LogP contribution in [0.4, 0.5) is 4.79 Å². The number of carbonyl (C=O) groups excluding carboxylic acids is 2. The number of hydrogen-bond donors (Lipinski definition) is 0. The summed E-state index contributed by atoms with van der Waals surface area (Å²) in [5, 5.41) is 5.53. The summed E-state index contributed by atoms with van der Waals surface area (Å²) in [5.41, 5.74) is 2.81. The van der Waals surface area contributed by atoms with Crippen LogP contribution in [0.5, 0.6) is 0 Å². The molecule has 0 aliphatic carbocycles. The Morgan fingerprint density at radius 2 is 1.69 bits per heavy atom. The molecule has 0 saturated carbocycles. The summed E-state index contributed by atoms with van der Waals surface area (Å²) < 4.78 is 8.26. The molecule has 4 rings (SSSR count). The molecule has 32 heavy (non-hydrogen) atoms. The molecule has 2 amide bonds. The van der Waals surface area contributed by atoms with E-state index in [1.54, 1.807) is 27.5 Å². The molecule has 0 unspecified atom stereocenters. The summed E-state index contributed by atoms with van der Waals surface area (Å²) in [6.45, 7) is 7.39. The van der Waals surface area contributed by atoms with Crippen LogP contribution in [0.3, 0.4) is 0 Å². The van der Waals surface area contributed by atoms with Gasteiger partial charge in [-0.25, -0.2) is 9.48 Å². The van der Waals surface area contributed by atoms with E-state index < -0.39 is 0 Å². The molecule has 0 radical (unpaired) electrons. The minimum absolute atomic E-state index is 0.0903. The fourth-order valence-corrected chi connectivity index (χ4v) is 4.16. The molecule has 9 heteroatoms. The third-order valence-electron chi connectivity index (χ3n) is 5.74. The van der Waals surface area contributed by atoms with E-state index in [0.717, 1.165) is 22.3 Å². The van der Waals surface area contributed by atoms with Crippen LogP contribution in [-0.2, 0) is 16.1 Å². The van der Waals surface area contributed by atoms with Gasteiger partial charge in [-0.3, -0.25) is 14.2 Å². The van der Waals surface area contributed by atoms with Crippen LogP contribution in [0, 0.1) is 13.8 Å². The van der Waals surface area contributed by atoms with Crippen LogP contribution in [0.15, 0.2) is 41.2 Å². The summed E-state index contributed by atoms with van der Waals surface area (Å²) >= 11 is 0. The summed E-state index contributed by atoms with van der Waals surface area (Å²) in [4.78, 5) is 41.3. The molecule has 1 aromatic carbocycles. The Morgan fingerprint density at radius 1 is 1.03 bits per heavy atom. The zero-order valence-corrected chi connectivity index (χ0v) is 18.6. The number of ether oxygens (including phenoxy) is 1. The van der Waals surface area contributed by atoms with Gasteiger partial charge in [0.1, 0.15) is 12.2 Å². The van der Waals surface area contributed by atoms with E-state index in [1.165, 1.54) is 4.57 Å². The molecule has 1 aliphatic rings. The average molecular weight is 438 g/mol. The highest BCUT2D eigenvalue weighted by atomic mass is 16.6. The van der Waals surface area contributed by atoms with E-state index in [1.807, 2.05) is 44.2 Å². The molecule has 0 N–H and O–H groups in total. The number of para-hydroxylation sites is 1. The number of rotatable bonds is 4. The van der Waals surface area contributed by atoms with Crippen molar-refractivity contribution in [1.29, 1.82) is 0 Å².